The molecule has 2 heterocycles. The van der Waals surface area contributed by atoms with Gasteiger partial charge in [0.1, 0.15) is 0 Å². The molecule has 4 nitrogen and oxygen atoms in total. The average Bonchev–Trinajstić information content (AvgIpc) is 3.19. The molecular weight excluding hydrogens is 356 g/mol. The number of rotatable bonds is 7. The first kappa shape index (κ1) is 20.3. The number of fused-ring (bicyclic) bond motifs is 1. The Bertz CT molecular complexity index is 778. The molecule has 1 aliphatic heterocycles. The number of hydrogen-bond donors (Lipinski definition) is 1. The summed E-state index contributed by atoms with van der Waals surface area (Å²) in [6, 6.07) is 8.93. The molecule has 2 aromatic rings. The highest BCUT2D eigenvalue weighted by Gasteiger charge is 2.30. The van der Waals surface area contributed by atoms with Crippen molar-refractivity contribution >= 4 is 27.3 Å². The van der Waals surface area contributed by atoms with E-state index in [2.05, 4.69) is 55.3 Å². The van der Waals surface area contributed by atoms with Gasteiger partial charge in [0.2, 0.25) is 0 Å². The van der Waals surface area contributed by atoms with Gasteiger partial charge in [0.25, 0.3) is 5.91 Å². The molecule has 0 radical (unpaired) electrons. The Kier molecular flexibility index (Phi) is 6.56. The summed E-state index contributed by atoms with van der Waals surface area (Å²) in [5, 5.41) is 4.25. The second-order valence-corrected chi connectivity index (χ2v) is 9.74. The first-order valence-corrected chi connectivity index (χ1v) is 10.7. The molecule has 1 aromatic heterocycles. The summed E-state index contributed by atoms with van der Waals surface area (Å²) in [6.07, 6.45) is 3.41. The lowest BCUT2D eigenvalue weighted by molar-refractivity contribution is 0.0939. The van der Waals surface area contributed by atoms with Crippen LogP contribution < -0.4 is 5.32 Å². The maximum Gasteiger partial charge on any atom is 0.261 e. The summed E-state index contributed by atoms with van der Waals surface area (Å²) in [4.78, 5) is 16.3. The van der Waals surface area contributed by atoms with Crippen molar-refractivity contribution in [3.63, 3.8) is 0 Å². The van der Waals surface area contributed by atoms with Crippen LogP contribution >= 0.6 is 11.3 Å². The molecule has 1 fully saturated rings. The van der Waals surface area contributed by atoms with E-state index in [9.17, 15) is 4.79 Å². The Labute approximate surface area is 166 Å². The number of carbonyl (C=O) groups is 1. The number of thiophene rings is 1. The minimum Gasteiger partial charge on any atom is -0.383 e. The molecule has 0 spiro atoms. The van der Waals surface area contributed by atoms with E-state index >= 15 is 0 Å². The van der Waals surface area contributed by atoms with Crippen LogP contribution in [0.1, 0.15) is 48.8 Å². The summed E-state index contributed by atoms with van der Waals surface area (Å²) in [5.74, 6) is 0.0311. The third-order valence-corrected chi connectivity index (χ3v) is 6.32. The molecule has 148 valence electrons. The molecule has 0 saturated carbocycles. The van der Waals surface area contributed by atoms with Crippen LogP contribution in [0, 0.1) is 5.41 Å². The minimum absolute atomic E-state index is 0.0311. The van der Waals surface area contributed by atoms with Crippen molar-refractivity contribution in [2.24, 2.45) is 5.41 Å². The highest BCUT2D eigenvalue weighted by atomic mass is 32.1. The largest absolute Gasteiger partial charge is 0.383 e. The van der Waals surface area contributed by atoms with Crippen LogP contribution in [0.3, 0.4) is 0 Å². The van der Waals surface area contributed by atoms with E-state index in [0.29, 0.717) is 24.6 Å². The Morgan fingerprint density at radius 2 is 2.11 bits per heavy atom. The molecule has 0 bridgehead atoms. The highest BCUT2D eigenvalue weighted by Crippen LogP contribution is 2.35. The monoisotopic (exact) mass is 388 g/mol. The summed E-state index contributed by atoms with van der Waals surface area (Å²) in [6.45, 7) is 10.3. The summed E-state index contributed by atoms with van der Waals surface area (Å²) >= 11 is 1.62. The molecule has 1 aromatic carbocycles. The van der Waals surface area contributed by atoms with E-state index in [-0.39, 0.29) is 5.91 Å². The van der Waals surface area contributed by atoms with E-state index in [1.54, 1.807) is 18.4 Å². The summed E-state index contributed by atoms with van der Waals surface area (Å²) in [7, 11) is 1.65. The smallest absolute Gasteiger partial charge is 0.261 e. The maximum absolute atomic E-state index is 12.8. The van der Waals surface area contributed by atoms with Gasteiger partial charge in [-0.25, -0.2) is 0 Å². The lowest BCUT2D eigenvalue weighted by Gasteiger charge is -2.31. The Morgan fingerprint density at radius 1 is 1.33 bits per heavy atom. The molecule has 3 rings (SSSR count). The predicted molar refractivity (Wildman–Crippen MR) is 114 cm³/mol. The highest BCUT2D eigenvalue weighted by molar-refractivity contribution is 7.21. The molecule has 27 heavy (non-hydrogen) atoms. The van der Waals surface area contributed by atoms with Crippen LogP contribution in [0.4, 0.5) is 0 Å². The number of hydrogen-bond acceptors (Lipinski definition) is 4. The molecule has 0 aliphatic carbocycles. The predicted octanol–water partition coefficient (Wildman–Crippen LogP) is 4.33. The number of nitrogens with one attached hydrogen (secondary N) is 1. The van der Waals surface area contributed by atoms with Crippen LogP contribution in [0.25, 0.3) is 10.1 Å². The quantitative estimate of drug-likeness (QED) is 0.718. The van der Waals surface area contributed by atoms with Crippen LogP contribution in [0.2, 0.25) is 0 Å². The van der Waals surface area contributed by atoms with Crippen molar-refractivity contribution in [3.05, 3.63) is 34.7 Å². The average molecular weight is 389 g/mol. The first-order chi connectivity index (χ1) is 12.9. The van der Waals surface area contributed by atoms with Crippen LogP contribution in [0.5, 0.6) is 0 Å². The minimum atomic E-state index is 0.0311. The Balaban J connectivity index is 1.86. The van der Waals surface area contributed by atoms with Crippen molar-refractivity contribution in [1.29, 1.82) is 0 Å². The first-order valence-electron chi connectivity index (χ1n) is 9.90. The van der Waals surface area contributed by atoms with Gasteiger partial charge in [0.05, 0.1) is 11.5 Å². The third-order valence-electron chi connectivity index (χ3n) is 5.11. The maximum atomic E-state index is 12.8. The lowest BCUT2D eigenvalue weighted by Crippen LogP contribution is -2.38. The summed E-state index contributed by atoms with van der Waals surface area (Å²) in [5.41, 5.74) is 1.51. The number of benzene rings is 1. The molecule has 1 unspecified atom stereocenters. The number of carbonyl (C=O) groups excluding carboxylic acids is 1. The van der Waals surface area contributed by atoms with Crippen molar-refractivity contribution in [2.75, 3.05) is 33.4 Å². The van der Waals surface area contributed by atoms with Gasteiger partial charge in [-0.1, -0.05) is 39.0 Å². The third kappa shape index (κ3) is 5.09. The zero-order valence-corrected chi connectivity index (χ0v) is 17.8. The van der Waals surface area contributed by atoms with Crippen LogP contribution in [-0.4, -0.2) is 50.2 Å². The molecular formula is C22H32N2O2S. The summed E-state index contributed by atoms with van der Waals surface area (Å²) < 4.78 is 6.27. The molecule has 1 atom stereocenters. The molecule has 1 N–H and O–H groups in total. The lowest BCUT2D eigenvalue weighted by atomic mass is 9.94. The number of likely N-dealkylation sites (tertiary alicyclic amines) is 1. The van der Waals surface area contributed by atoms with Crippen LogP contribution in [0.15, 0.2) is 24.3 Å². The molecule has 1 saturated heterocycles. The van der Waals surface area contributed by atoms with Crippen molar-refractivity contribution < 1.29 is 9.53 Å². The van der Waals surface area contributed by atoms with E-state index in [4.69, 9.17) is 4.74 Å². The zero-order chi connectivity index (χ0) is 19.4. The molecule has 1 aliphatic rings. The Morgan fingerprint density at radius 3 is 2.85 bits per heavy atom. The molecule has 5 heteroatoms. The van der Waals surface area contributed by atoms with Crippen molar-refractivity contribution in [1.82, 2.24) is 10.2 Å². The fourth-order valence-electron chi connectivity index (χ4n) is 4.01. The van der Waals surface area contributed by atoms with Crippen LogP contribution in [-0.2, 0) is 11.2 Å². The van der Waals surface area contributed by atoms with Gasteiger partial charge >= 0.3 is 0 Å². The van der Waals surface area contributed by atoms with E-state index in [1.165, 1.54) is 35.0 Å². The van der Waals surface area contributed by atoms with Gasteiger partial charge in [0.15, 0.2) is 0 Å². The number of nitrogens with zero attached hydrogens (tertiary/aromatic N) is 1. The fraction of sp³-hybridized carbons (Fsp3) is 0.591. The number of ether oxygens (including phenoxy) is 1. The van der Waals surface area contributed by atoms with Gasteiger partial charge < -0.3 is 10.1 Å². The second-order valence-electron chi connectivity index (χ2n) is 8.69. The topological polar surface area (TPSA) is 41.6 Å². The van der Waals surface area contributed by atoms with Gasteiger partial charge in [0, 0.05) is 30.9 Å². The molecule has 1 amide bonds. The number of methoxy groups -OCH3 is 1. The van der Waals surface area contributed by atoms with E-state index in [1.807, 2.05) is 0 Å². The normalized spacial score (nSPS) is 18.3. The van der Waals surface area contributed by atoms with Gasteiger partial charge in [-0.3, -0.25) is 9.69 Å². The van der Waals surface area contributed by atoms with E-state index < -0.39 is 0 Å². The van der Waals surface area contributed by atoms with Crippen molar-refractivity contribution in [2.45, 2.75) is 46.1 Å². The Hall–Kier alpha value is -1.43. The van der Waals surface area contributed by atoms with Gasteiger partial charge in [-0.2, -0.15) is 0 Å². The standard InChI is InChI=1S/C22H32N2O2S/c1-22(2,3)15-24-12-7-8-16(24)14-18-17-9-5-6-10-19(17)27-20(18)21(25)23-11-13-26-4/h5-6,9-10,16H,7-8,11-15H2,1-4H3,(H,23,25). The zero-order valence-electron chi connectivity index (χ0n) is 17.0. The van der Waals surface area contributed by atoms with Gasteiger partial charge in [-0.15, -0.1) is 11.3 Å². The number of amides is 1. The fourth-order valence-corrected chi connectivity index (χ4v) is 5.16. The van der Waals surface area contributed by atoms with Gasteiger partial charge in [-0.05, 0) is 48.2 Å². The van der Waals surface area contributed by atoms with E-state index in [0.717, 1.165) is 17.8 Å². The van der Waals surface area contributed by atoms with Crippen molar-refractivity contribution in [3.8, 4) is 0 Å². The second kappa shape index (κ2) is 8.72. The SMILES string of the molecule is COCCNC(=O)c1sc2ccccc2c1CC1CCCN1CC(C)(C)C.